The van der Waals surface area contributed by atoms with Crippen molar-refractivity contribution in [2.24, 2.45) is 7.05 Å². The topological polar surface area (TPSA) is 96.8 Å². The Morgan fingerprint density at radius 3 is 2.63 bits per heavy atom. The lowest BCUT2D eigenvalue weighted by molar-refractivity contribution is -0.141. The lowest BCUT2D eigenvalue weighted by Crippen LogP contribution is -2.30. The summed E-state index contributed by atoms with van der Waals surface area (Å²) < 4.78 is 39.6. The molecule has 0 bridgehead atoms. The highest BCUT2D eigenvalue weighted by Gasteiger charge is 2.37. The summed E-state index contributed by atoms with van der Waals surface area (Å²) in [4.78, 5) is 37.5. The highest BCUT2D eigenvalue weighted by molar-refractivity contribution is 5.93. The van der Waals surface area contributed by atoms with Gasteiger partial charge in [-0.1, -0.05) is 0 Å². The molecule has 1 fully saturated rings. The third kappa shape index (κ3) is 3.82. The summed E-state index contributed by atoms with van der Waals surface area (Å²) in [5, 5.41) is 3.39. The van der Waals surface area contributed by atoms with Crippen LogP contribution in [0, 0.1) is 0 Å². The van der Waals surface area contributed by atoms with Crippen LogP contribution in [0.4, 0.5) is 13.2 Å². The summed E-state index contributed by atoms with van der Waals surface area (Å²) in [6.07, 6.45) is -0.910. The molecule has 3 aromatic rings. The molecule has 4 heterocycles. The number of halogens is 3. The largest absolute Gasteiger partial charge is 0.435 e. The van der Waals surface area contributed by atoms with Gasteiger partial charge in [-0.3, -0.25) is 19.3 Å². The molecule has 8 nitrogen and oxygen atoms in total. The Bertz CT molecular complexity index is 1140. The molecule has 1 aliphatic rings. The highest BCUT2D eigenvalue weighted by atomic mass is 19.4. The van der Waals surface area contributed by atoms with E-state index in [0.29, 0.717) is 24.5 Å². The Balaban J connectivity index is 1.55. The molecule has 3 aromatic heterocycles. The fraction of sp³-hybridized carbons (Fsp3) is 0.316. The smallest absolute Gasteiger partial charge is 0.337 e. The first-order valence-electron chi connectivity index (χ1n) is 9.14. The fourth-order valence-electron chi connectivity index (χ4n) is 3.48. The van der Waals surface area contributed by atoms with Crippen molar-refractivity contribution in [1.82, 2.24) is 29.6 Å². The number of hydrogen-bond donors (Lipinski definition) is 1. The van der Waals surface area contributed by atoms with Crippen molar-refractivity contribution in [3.63, 3.8) is 0 Å². The quantitative estimate of drug-likeness (QED) is 0.704. The first-order valence-corrected chi connectivity index (χ1v) is 9.14. The summed E-state index contributed by atoms with van der Waals surface area (Å²) in [6, 6.07) is 5.60. The van der Waals surface area contributed by atoms with Crippen molar-refractivity contribution >= 4 is 5.91 Å². The van der Waals surface area contributed by atoms with E-state index in [0.717, 1.165) is 16.3 Å². The average molecular weight is 418 g/mol. The summed E-state index contributed by atoms with van der Waals surface area (Å²) in [5.41, 5.74) is -0.353. The number of nitrogens with one attached hydrogen (secondary N) is 1. The van der Waals surface area contributed by atoms with Crippen molar-refractivity contribution in [1.29, 1.82) is 0 Å². The molecule has 0 aromatic carbocycles. The third-order valence-electron chi connectivity index (χ3n) is 4.99. The molecule has 1 amide bonds. The van der Waals surface area contributed by atoms with E-state index in [1.54, 1.807) is 24.5 Å². The van der Waals surface area contributed by atoms with E-state index < -0.39 is 17.8 Å². The zero-order valence-electron chi connectivity index (χ0n) is 15.8. The van der Waals surface area contributed by atoms with Gasteiger partial charge < -0.3 is 9.88 Å². The molecule has 0 aliphatic carbocycles. The minimum absolute atomic E-state index is 0.144. The zero-order valence-corrected chi connectivity index (χ0v) is 15.8. The molecule has 1 N–H and O–H groups in total. The summed E-state index contributed by atoms with van der Waals surface area (Å²) in [6.45, 7) is 0.563. The van der Waals surface area contributed by atoms with Crippen LogP contribution in [0.15, 0.2) is 41.5 Å². The van der Waals surface area contributed by atoms with Gasteiger partial charge >= 0.3 is 6.18 Å². The number of carbonyl (C=O) groups excluding carboxylic acids is 1. The van der Waals surface area contributed by atoms with Gasteiger partial charge in [0.25, 0.3) is 11.5 Å². The number of likely N-dealkylation sites (tertiary alicyclic amines) is 1. The van der Waals surface area contributed by atoms with Crippen molar-refractivity contribution in [2.75, 3.05) is 13.1 Å². The average Bonchev–Trinajstić information content (AvgIpc) is 3.35. The standard InChI is InChI=1S/C19H17F3N6O2/c1-27-14(9-15(26-27)19(20,21)22)18(30)28-7-4-12(10-28)17-24-13(8-16(29)25-17)11-2-5-23-6-3-11/h2-3,5-6,8-9,12H,4,7,10H2,1H3,(H,24,25,29)/t12-/m0/s1. The number of rotatable bonds is 3. The number of amides is 1. The number of carbonyl (C=O) groups is 1. The van der Waals surface area contributed by atoms with Crippen LogP contribution in [-0.2, 0) is 13.2 Å². The Kier molecular flexibility index (Phi) is 4.88. The summed E-state index contributed by atoms with van der Waals surface area (Å²) in [5.74, 6) is -0.347. The van der Waals surface area contributed by atoms with Gasteiger partial charge in [0, 0.05) is 56.1 Å². The normalized spacial score (nSPS) is 16.8. The monoisotopic (exact) mass is 418 g/mol. The predicted molar refractivity (Wildman–Crippen MR) is 99.6 cm³/mol. The number of aryl methyl sites for hydroxylation is 1. The zero-order chi connectivity index (χ0) is 21.5. The molecule has 0 radical (unpaired) electrons. The van der Waals surface area contributed by atoms with Crippen molar-refractivity contribution in [3.8, 4) is 11.3 Å². The summed E-state index contributed by atoms with van der Waals surface area (Å²) >= 11 is 0. The molecule has 1 aliphatic heterocycles. The maximum Gasteiger partial charge on any atom is 0.435 e. The number of pyridine rings is 1. The second kappa shape index (κ2) is 7.39. The predicted octanol–water partition coefficient (Wildman–Crippen LogP) is 2.21. The van der Waals surface area contributed by atoms with Gasteiger partial charge in [-0.25, -0.2) is 4.98 Å². The van der Waals surface area contributed by atoms with Crippen LogP contribution in [0.25, 0.3) is 11.3 Å². The SMILES string of the molecule is Cn1nc(C(F)(F)F)cc1C(=O)N1CC[C@H](c2nc(-c3ccncc3)cc(=O)[nH]2)C1. The Hall–Kier alpha value is -3.50. The van der Waals surface area contributed by atoms with Gasteiger partial charge in [-0.2, -0.15) is 18.3 Å². The molecule has 0 saturated carbocycles. The molecule has 30 heavy (non-hydrogen) atoms. The molecule has 1 saturated heterocycles. The van der Waals surface area contributed by atoms with Crippen LogP contribution in [0.2, 0.25) is 0 Å². The Labute approximate surface area is 168 Å². The number of nitrogens with zero attached hydrogens (tertiary/aromatic N) is 5. The number of aromatic amines is 1. The number of hydrogen-bond acceptors (Lipinski definition) is 5. The maximum absolute atomic E-state index is 12.9. The molecule has 156 valence electrons. The fourth-order valence-corrected chi connectivity index (χ4v) is 3.48. The van der Waals surface area contributed by atoms with E-state index in [-0.39, 0.29) is 23.7 Å². The van der Waals surface area contributed by atoms with Crippen molar-refractivity contribution in [3.05, 3.63) is 64.2 Å². The van der Waals surface area contributed by atoms with Crippen LogP contribution < -0.4 is 5.56 Å². The van der Waals surface area contributed by atoms with Gasteiger partial charge in [0.05, 0.1) is 5.69 Å². The number of alkyl halides is 3. The molecule has 11 heteroatoms. The van der Waals surface area contributed by atoms with Crippen LogP contribution >= 0.6 is 0 Å². The molecular weight excluding hydrogens is 401 g/mol. The van der Waals surface area contributed by atoms with Crippen LogP contribution in [0.5, 0.6) is 0 Å². The van der Waals surface area contributed by atoms with Gasteiger partial charge in [-0.05, 0) is 18.6 Å². The lowest BCUT2D eigenvalue weighted by atomic mass is 10.1. The third-order valence-corrected chi connectivity index (χ3v) is 4.99. The van der Waals surface area contributed by atoms with E-state index >= 15 is 0 Å². The lowest BCUT2D eigenvalue weighted by Gasteiger charge is -2.16. The van der Waals surface area contributed by atoms with Crippen LogP contribution in [-0.4, -0.2) is 48.6 Å². The summed E-state index contributed by atoms with van der Waals surface area (Å²) in [7, 11) is 1.30. The molecule has 0 spiro atoms. The van der Waals surface area contributed by atoms with Gasteiger partial charge in [0.15, 0.2) is 5.69 Å². The van der Waals surface area contributed by atoms with Crippen molar-refractivity contribution < 1.29 is 18.0 Å². The minimum atomic E-state index is -4.62. The van der Waals surface area contributed by atoms with E-state index in [1.807, 2.05) is 0 Å². The van der Waals surface area contributed by atoms with Crippen molar-refractivity contribution in [2.45, 2.75) is 18.5 Å². The van der Waals surface area contributed by atoms with E-state index in [1.165, 1.54) is 18.0 Å². The molecular formula is C19H17F3N6O2. The first-order chi connectivity index (χ1) is 14.2. The minimum Gasteiger partial charge on any atom is -0.337 e. The van der Waals surface area contributed by atoms with Crippen LogP contribution in [0.1, 0.15) is 34.3 Å². The second-order valence-electron chi connectivity index (χ2n) is 7.02. The van der Waals surface area contributed by atoms with Crippen LogP contribution in [0.3, 0.4) is 0 Å². The van der Waals surface area contributed by atoms with E-state index in [9.17, 15) is 22.8 Å². The molecule has 1 atom stereocenters. The van der Waals surface area contributed by atoms with E-state index in [2.05, 4.69) is 20.1 Å². The number of H-pyrrole nitrogens is 1. The highest BCUT2D eigenvalue weighted by Crippen LogP contribution is 2.30. The van der Waals surface area contributed by atoms with E-state index in [4.69, 9.17) is 0 Å². The Morgan fingerprint density at radius 1 is 1.23 bits per heavy atom. The maximum atomic E-state index is 12.9. The van der Waals surface area contributed by atoms with Gasteiger partial charge in [0.2, 0.25) is 0 Å². The first kappa shape index (κ1) is 19.8. The van der Waals surface area contributed by atoms with Gasteiger partial charge in [0.1, 0.15) is 11.5 Å². The molecule has 4 rings (SSSR count). The Morgan fingerprint density at radius 2 is 1.97 bits per heavy atom. The number of aromatic nitrogens is 5. The van der Waals surface area contributed by atoms with Gasteiger partial charge in [-0.15, -0.1) is 0 Å². The molecule has 0 unspecified atom stereocenters. The second-order valence-corrected chi connectivity index (χ2v) is 7.02.